The van der Waals surface area contributed by atoms with Gasteiger partial charge in [0.05, 0.1) is 11.4 Å². The molecule has 166 valence electrons. The van der Waals surface area contributed by atoms with Gasteiger partial charge in [-0.15, -0.1) is 24.0 Å². The second-order valence-electron chi connectivity index (χ2n) is 7.43. The van der Waals surface area contributed by atoms with Gasteiger partial charge in [0.15, 0.2) is 5.96 Å². The predicted octanol–water partition coefficient (Wildman–Crippen LogP) is 2.60. The lowest BCUT2D eigenvalue weighted by Gasteiger charge is -2.37. The van der Waals surface area contributed by atoms with Crippen molar-refractivity contribution in [2.24, 2.45) is 10.4 Å². The molecule has 0 radical (unpaired) electrons. The van der Waals surface area contributed by atoms with Gasteiger partial charge in [0.1, 0.15) is 0 Å². The molecule has 1 fully saturated rings. The van der Waals surface area contributed by atoms with Crippen molar-refractivity contribution in [3.05, 3.63) is 29.8 Å². The zero-order chi connectivity index (χ0) is 20.5. The van der Waals surface area contributed by atoms with Crippen LogP contribution in [0.25, 0.3) is 0 Å². The Balaban J connectivity index is 0.00000420. The summed E-state index contributed by atoms with van der Waals surface area (Å²) < 4.78 is 25.9. The standard InChI is InChI=1S/C20H34N4O3S.HI/c1-3-22-19(24-16-20(13-14-25)11-5-4-6-12-20)23-15-17-7-9-18(10-8-17)28(26,27)21-2;/h7-10,21,25H,3-6,11-16H2,1-2H3,(H2,22,23,24);1H. The topological polar surface area (TPSA) is 103 Å². The van der Waals surface area contributed by atoms with Gasteiger partial charge >= 0.3 is 0 Å². The number of hydrogen-bond donors (Lipinski definition) is 4. The second-order valence-corrected chi connectivity index (χ2v) is 9.32. The number of aliphatic hydroxyl groups is 1. The van der Waals surface area contributed by atoms with E-state index in [1.807, 2.05) is 6.92 Å². The number of halogens is 1. The fourth-order valence-electron chi connectivity index (χ4n) is 3.73. The highest BCUT2D eigenvalue weighted by Crippen LogP contribution is 2.38. The first-order valence-electron chi connectivity index (χ1n) is 10.1. The third-order valence-corrected chi connectivity index (χ3v) is 6.88. The molecule has 0 spiro atoms. The molecule has 0 atom stereocenters. The lowest BCUT2D eigenvalue weighted by molar-refractivity contribution is 0.131. The van der Waals surface area contributed by atoms with E-state index in [0.29, 0.717) is 6.54 Å². The van der Waals surface area contributed by atoms with Crippen LogP contribution >= 0.6 is 24.0 Å². The van der Waals surface area contributed by atoms with Gasteiger partial charge < -0.3 is 15.7 Å². The Morgan fingerprint density at radius 3 is 2.34 bits per heavy atom. The Labute approximate surface area is 192 Å². The fourth-order valence-corrected chi connectivity index (χ4v) is 4.46. The van der Waals surface area contributed by atoms with E-state index in [4.69, 9.17) is 0 Å². The molecule has 0 amide bonds. The molecule has 1 aliphatic rings. The van der Waals surface area contributed by atoms with Crippen molar-refractivity contribution in [1.29, 1.82) is 0 Å². The van der Waals surface area contributed by atoms with Crippen molar-refractivity contribution >= 4 is 40.0 Å². The van der Waals surface area contributed by atoms with Gasteiger partial charge in [-0.1, -0.05) is 31.4 Å². The monoisotopic (exact) mass is 538 g/mol. The van der Waals surface area contributed by atoms with Gasteiger partial charge in [-0.25, -0.2) is 18.1 Å². The Hall–Kier alpha value is -0.910. The lowest BCUT2D eigenvalue weighted by Crippen LogP contribution is -2.44. The normalized spacial score (nSPS) is 16.7. The second kappa shape index (κ2) is 12.7. The third-order valence-electron chi connectivity index (χ3n) is 5.45. The quantitative estimate of drug-likeness (QED) is 0.220. The summed E-state index contributed by atoms with van der Waals surface area (Å²) in [5, 5.41) is 16.2. The number of guanidine groups is 1. The summed E-state index contributed by atoms with van der Waals surface area (Å²) in [5.74, 6) is 0.748. The first-order valence-corrected chi connectivity index (χ1v) is 11.6. The highest BCUT2D eigenvalue weighted by atomic mass is 127. The average Bonchev–Trinajstić information content (AvgIpc) is 2.71. The van der Waals surface area contributed by atoms with Gasteiger partial charge in [0.2, 0.25) is 10.0 Å². The van der Waals surface area contributed by atoms with Crippen LogP contribution in [-0.4, -0.2) is 46.2 Å². The Kier molecular flexibility index (Phi) is 11.4. The summed E-state index contributed by atoms with van der Waals surface area (Å²) in [6.45, 7) is 4.27. The lowest BCUT2D eigenvalue weighted by atomic mass is 9.72. The maximum absolute atomic E-state index is 11.8. The number of aliphatic imine (C=N–C) groups is 1. The van der Waals surface area contributed by atoms with Crippen LogP contribution in [-0.2, 0) is 16.6 Å². The summed E-state index contributed by atoms with van der Waals surface area (Å²) in [5.41, 5.74) is 1.08. The number of hydrogen-bond acceptors (Lipinski definition) is 4. The predicted molar refractivity (Wildman–Crippen MR) is 128 cm³/mol. The molecule has 1 saturated carbocycles. The fraction of sp³-hybridized carbons (Fsp3) is 0.650. The zero-order valence-corrected chi connectivity index (χ0v) is 20.6. The Morgan fingerprint density at radius 2 is 1.79 bits per heavy atom. The largest absolute Gasteiger partial charge is 0.396 e. The SMILES string of the molecule is CCNC(=NCc1ccc(S(=O)(=O)NC)cc1)NCC1(CCO)CCCCC1.I. The van der Waals surface area contributed by atoms with Crippen LogP contribution in [0.5, 0.6) is 0 Å². The average molecular weight is 538 g/mol. The molecule has 0 saturated heterocycles. The van der Waals surface area contributed by atoms with E-state index in [9.17, 15) is 13.5 Å². The van der Waals surface area contributed by atoms with E-state index in [1.165, 1.54) is 26.3 Å². The van der Waals surface area contributed by atoms with Crippen LogP contribution in [0.4, 0.5) is 0 Å². The van der Waals surface area contributed by atoms with E-state index in [-0.39, 0.29) is 40.9 Å². The summed E-state index contributed by atoms with van der Waals surface area (Å²) >= 11 is 0. The summed E-state index contributed by atoms with van der Waals surface area (Å²) in [6, 6.07) is 6.75. The van der Waals surface area contributed by atoms with Gasteiger partial charge in [-0.3, -0.25) is 0 Å². The molecular weight excluding hydrogens is 503 g/mol. The minimum atomic E-state index is -3.42. The summed E-state index contributed by atoms with van der Waals surface area (Å²) in [4.78, 5) is 4.88. The maximum Gasteiger partial charge on any atom is 0.240 e. The molecule has 29 heavy (non-hydrogen) atoms. The van der Waals surface area contributed by atoms with Crippen molar-refractivity contribution in [2.45, 2.75) is 56.9 Å². The first kappa shape index (κ1) is 26.1. The van der Waals surface area contributed by atoms with Crippen LogP contribution in [0.1, 0.15) is 51.0 Å². The van der Waals surface area contributed by atoms with Crippen LogP contribution in [0.2, 0.25) is 0 Å². The first-order chi connectivity index (χ1) is 13.4. The van der Waals surface area contributed by atoms with E-state index < -0.39 is 10.0 Å². The zero-order valence-electron chi connectivity index (χ0n) is 17.4. The molecule has 0 bridgehead atoms. The summed E-state index contributed by atoms with van der Waals surface area (Å²) in [6.07, 6.45) is 6.82. The van der Waals surface area contributed by atoms with Crippen LogP contribution in [0.3, 0.4) is 0 Å². The molecule has 1 aliphatic carbocycles. The maximum atomic E-state index is 11.8. The van der Waals surface area contributed by atoms with Crippen molar-refractivity contribution in [1.82, 2.24) is 15.4 Å². The van der Waals surface area contributed by atoms with Gasteiger partial charge in [0.25, 0.3) is 0 Å². The van der Waals surface area contributed by atoms with E-state index in [0.717, 1.165) is 43.9 Å². The Morgan fingerprint density at radius 1 is 1.14 bits per heavy atom. The molecule has 2 rings (SSSR count). The molecule has 0 heterocycles. The van der Waals surface area contributed by atoms with E-state index >= 15 is 0 Å². The number of benzene rings is 1. The molecular formula is C20H35IN4O3S. The van der Waals surface area contributed by atoms with Crippen molar-refractivity contribution in [3.63, 3.8) is 0 Å². The molecule has 1 aromatic carbocycles. The number of rotatable bonds is 9. The number of nitrogens with one attached hydrogen (secondary N) is 3. The molecule has 0 aliphatic heterocycles. The van der Waals surface area contributed by atoms with E-state index in [2.05, 4.69) is 20.3 Å². The van der Waals surface area contributed by atoms with E-state index in [1.54, 1.807) is 24.3 Å². The number of sulfonamides is 1. The molecule has 1 aromatic rings. The molecule has 0 unspecified atom stereocenters. The van der Waals surface area contributed by atoms with Crippen LogP contribution in [0, 0.1) is 5.41 Å². The van der Waals surface area contributed by atoms with Crippen molar-refractivity contribution < 1.29 is 13.5 Å². The van der Waals surface area contributed by atoms with Crippen LogP contribution < -0.4 is 15.4 Å². The van der Waals surface area contributed by atoms with Gasteiger partial charge in [-0.2, -0.15) is 0 Å². The Bertz CT molecular complexity index is 727. The molecule has 9 heteroatoms. The van der Waals surface area contributed by atoms with Crippen molar-refractivity contribution in [3.8, 4) is 0 Å². The molecule has 0 aromatic heterocycles. The molecule has 7 nitrogen and oxygen atoms in total. The smallest absolute Gasteiger partial charge is 0.240 e. The third kappa shape index (κ3) is 8.03. The highest BCUT2D eigenvalue weighted by molar-refractivity contribution is 14.0. The van der Waals surface area contributed by atoms with Crippen molar-refractivity contribution in [2.75, 3.05) is 26.7 Å². The summed E-state index contributed by atoms with van der Waals surface area (Å²) in [7, 11) is -2.02. The van der Waals surface area contributed by atoms with Gasteiger partial charge in [-0.05, 0) is 56.3 Å². The minimum absolute atomic E-state index is 0. The number of aliphatic hydroxyl groups excluding tert-OH is 1. The van der Waals surface area contributed by atoms with Crippen LogP contribution in [0.15, 0.2) is 34.2 Å². The highest BCUT2D eigenvalue weighted by Gasteiger charge is 2.31. The van der Waals surface area contributed by atoms with Gasteiger partial charge in [0, 0.05) is 19.7 Å². The number of nitrogens with zero attached hydrogens (tertiary/aromatic N) is 1. The molecule has 4 N–H and O–H groups in total. The minimum Gasteiger partial charge on any atom is -0.396 e.